The number of aromatic nitrogens is 2. The lowest BCUT2D eigenvalue weighted by atomic mass is 10.0. The second-order valence-corrected chi connectivity index (χ2v) is 9.16. The summed E-state index contributed by atoms with van der Waals surface area (Å²) in [5.41, 5.74) is 4.12. The van der Waals surface area contributed by atoms with Gasteiger partial charge in [0.1, 0.15) is 11.6 Å². The maximum absolute atomic E-state index is 12.6. The quantitative estimate of drug-likeness (QED) is 0.315. The van der Waals surface area contributed by atoms with Gasteiger partial charge in [0.2, 0.25) is 5.91 Å². The van der Waals surface area contributed by atoms with Gasteiger partial charge in [0.25, 0.3) is 0 Å². The third-order valence-corrected chi connectivity index (χ3v) is 6.84. The largest absolute Gasteiger partial charge is 0.494 e. The molecule has 1 heterocycles. The Balaban J connectivity index is 1.65. The van der Waals surface area contributed by atoms with Crippen molar-refractivity contribution in [3.8, 4) is 5.75 Å². The van der Waals surface area contributed by atoms with Crippen LogP contribution < -0.4 is 10.1 Å². The third-order valence-electron chi connectivity index (χ3n) is 6.24. The number of halogens is 1. The average Bonchev–Trinajstić information content (AvgIpc) is 3.16. The summed E-state index contributed by atoms with van der Waals surface area (Å²) in [7, 11) is 0. The van der Waals surface area contributed by atoms with Gasteiger partial charge in [0, 0.05) is 17.5 Å². The highest BCUT2D eigenvalue weighted by Crippen LogP contribution is 2.26. The van der Waals surface area contributed by atoms with Crippen LogP contribution in [0.1, 0.15) is 69.4 Å². The summed E-state index contributed by atoms with van der Waals surface area (Å²) in [5, 5.41) is 3.98. The van der Waals surface area contributed by atoms with Crippen molar-refractivity contribution in [2.24, 2.45) is 5.92 Å². The van der Waals surface area contributed by atoms with Crippen LogP contribution in [0.3, 0.4) is 0 Å². The highest BCUT2D eigenvalue weighted by molar-refractivity contribution is 6.32. The first-order valence-electron chi connectivity index (χ1n) is 12.0. The number of rotatable bonds is 11. The highest BCUT2D eigenvalue weighted by Gasteiger charge is 2.21. The molecule has 1 unspecified atom stereocenters. The van der Waals surface area contributed by atoms with Crippen molar-refractivity contribution in [3.63, 3.8) is 0 Å². The third kappa shape index (κ3) is 6.08. The van der Waals surface area contributed by atoms with Gasteiger partial charge in [0.15, 0.2) is 0 Å². The molecule has 2 aromatic carbocycles. The lowest BCUT2D eigenvalue weighted by Crippen LogP contribution is -2.33. The Morgan fingerprint density at radius 1 is 1.12 bits per heavy atom. The second kappa shape index (κ2) is 11.6. The van der Waals surface area contributed by atoms with Crippen LogP contribution in [-0.2, 0) is 11.3 Å². The van der Waals surface area contributed by atoms with Gasteiger partial charge in [0.05, 0.1) is 23.7 Å². The fourth-order valence-electron chi connectivity index (χ4n) is 4.27. The van der Waals surface area contributed by atoms with Crippen LogP contribution in [0.25, 0.3) is 11.0 Å². The summed E-state index contributed by atoms with van der Waals surface area (Å²) in [5.74, 6) is 1.91. The minimum absolute atomic E-state index is 0.0440. The number of aryl methyl sites for hydroxylation is 3. The van der Waals surface area contributed by atoms with Gasteiger partial charge >= 0.3 is 0 Å². The van der Waals surface area contributed by atoms with E-state index in [9.17, 15) is 4.79 Å². The lowest BCUT2D eigenvalue weighted by molar-refractivity contribution is -0.125. The zero-order valence-electron chi connectivity index (χ0n) is 20.5. The first-order valence-corrected chi connectivity index (χ1v) is 12.4. The van der Waals surface area contributed by atoms with Crippen molar-refractivity contribution >= 4 is 28.5 Å². The summed E-state index contributed by atoms with van der Waals surface area (Å²) in [4.78, 5) is 17.5. The molecule has 178 valence electrons. The summed E-state index contributed by atoms with van der Waals surface area (Å²) < 4.78 is 8.21. The number of hydrogen-bond acceptors (Lipinski definition) is 3. The zero-order chi connectivity index (χ0) is 24.0. The van der Waals surface area contributed by atoms with Crippen LogP contribution in [0, 0.1) is 19.8 Å². The predicted molar refractivity (Wildman–Crippen MR) is 136 cm³/mol. The Labute approximate surface area is 202 Å². The van der Waals surface area contributed by atoms with Crippen LogP contribution in [0.5, 0.6) is 5.75 Å². The van der Waals surface area contributed by atoms with Gasteiger partial charge in [-0.25, -0.2) is 4.98 Å². The van der Waals surface area contributed by atoms with E-state index in [4.69, 9.17) is 21.3 Å². The number of amides is 1. The molecular formula is C27H36ClN3O2. The van der Waals surface area contributed by atoms with Crippen molar-refractivity contribution in [1.29, 1.82) is 0 Å². The number of nitrogens with one attached hydrogen (secondary N) is 1. The van der Waals surface area contributed by atoms with Crippen molar-refractivity contribution in [3.05, 3.63) is 58.4 Å². The van der Waals surface area contributed by atoms with E-state index < -0.39 is 0 Å². The summed E-state index contributed by atoms with van der Waals surface area (Å²) in [6.07, 6.45) is 3.56. The number of unbranched alkanes of at least 4 members (excludes halogenated alkanes) is 1. The molecule has 3 rings (SSSR count). The van der Waals surface area contributed by atoms with E-state index in [-0.39, 0.29) is 17.9 Å². The van der Waals surface area contributed by atoms with Crippen LogP contribution in [-0.4, -0.2) is 22.1 Å². The summed E-state index contributed by atoms with van der Waals surface area (Å²) in [6, 6.07) is 12.0. The van der Waals surface area contributed by atoms with Crippen LogP contribution >= 0.6 is 11.6 Å². The first kappa shape index (κ1) is 25.1. The van der Waals surface area contributed by atoms with Crippen LogP contribution in [0.15, 0.2) is 36.4 Å². The van der Waals surface area contributed by atoms with E-state index in [1.165, 1.54) is 0 Å². The summed E-state index contributed by atoms with van der Waals surface area (Å²) in [6.45, 7) is 11.6. The normalized spacial score (nSPS) is 12.3. The van der Waals surface area contributed by atoms with Gasteiger partial charge in [-0.2, -0.15) is 0 Å². The molecule has 5 nitrogen and oxygen atoms in total. The lowest BCUT2D eigenvalue weighted by Gasteiger charge is -2.19. The Hall–Kier alpha value is -2.53. The Morgan fingerprint density at radius 3 is 2.45 bits per heavy atom. The number of hydrogen-bond donors (Lipinski definition) is 1. The minimum atomic E-state index is -0.151. The van der Waals surface area contributed by atoms with E-state index in [2.05, 4.69) is 29.8 Å². The number of ether oxygens (including phenoxy) is 1. The van der Waals surface area contributed by atoms with Crippen molar-refractivity contribution in [1.82, 2.24) is 14.9 Å². The predicted octanol–water partition coefficient (Wildman–Crippen LogP) is 6.78. The Kier molecular flexibility index (Phi) is 8.79. The van der Waals surface area contributed by atoms with E-state index >= 15 is 0 Å². The van der Waals surface area contributed by atoms with Crippen LogP contribution in [0.2, 0.25) is 5.02 Å². The number of para-hydroxylation sites is 2. The fourth-order valence-corrected chi connectivity index (χ4v) is 4.38. The van der Waals surface area contributed by atoms with Gasteiger partial charge in [-0.15, -0.1) is 0 Å². The van der Waals surface area contributed by atoms with E-state index in [0.29, 0.717) is 6.61 Å². The number of benzene rings is 2. The maximum Gasteiger partial charge on any atom is 0.223 e. The van der Waals surface area contributed by atoms with Crippen LogP contribution in [0.4, 0.5) is 0 Å². The number of fused-ring (bicyclic) bond motifs is 1. The molecule has 0 aliphatic heterocycles. The molecule has 1 N–H and O–H groups in total. The minimum Gasteiger partial charge on any atom is -0.494 e. The van der Waals surface area contributed by atoms with Gasteiger partial charge in [-0.1, -0.05) is 37.6 Å². The molecule has 0 spiro atoms. The molecule has 0 saturated heterocycles. The molecule has 1 atom stereocenters. The summed E-state index contributed by atoms with van der Waals surface area (Å²) >= 11 is 6.25. The molecule has 3 aromatic rings. The second-order valence-electron chi connectivity index (χ2n) is 8.78. The van der Waals surface area contributed by atoms with E-state index in [0.717, 1.165) is 71.0 Å². The molecule has 0 fully saturated rings. The Morgan fingerprint density at radius 2 is 1.79 bits per heavy atom. The smallest absolute Gasteiger partial charge is 0.223 e. The monoisotopic (exact) mass is 469 g/mol. The topological polar surface area (TPSA) is 56.2 Å². The molecule has 1 amide bonds. The number of nitrogens with zero attached hydrogens (tertiary/aromatic N) is 2. The molecular weight excluding hydrogens is 434 g/mol. The van der Waals surface area contributed by atoms with Gasteiger partial charge < -0.3 is 14.6 Å². The van der Waals surface area contributed by atoms with Crippen molar-refractivity contribution < 1.29 is 9.53 Å². The number of carbonyl (C=O) groups excluding carboxylic acids is 1. The van der Waals surface area contributed by atoms with Crippen molar-refractivity contribution in [2.75, 3.05) is 6.61 Å². The molecule has 0 aliphatic carbocycles. The molecule has 0 bridgehead atoms. The van der Waals surface area contributed by atoms with E-state index in [1.54, 1.807) is 0 Å². The molecule has 1 aromatic heterocycles. The average molecular weight is 470 g/mol. The zero-order valence-corrected chi connectivity index (χ0v) is 21.2. The standard InChI is InChI=1S/C27H36ClN3O2/c1-6-21(7-2)27(32)29-20(5)26-30-23-12-8-9-13-24(23)31(26)14-10-11-15-33-22-16-18(3)25(28)19(4)17-22/h8-9,12-13,16-17,20-21H,6-7,10-11,14-15H2,1-5H3,(H,29,32). The maximum atomic E-state index is 12.6. The Bertz CT molecular complexity index is 1070. The van der Waals surface area contributed by atoms with E-state index in [1.807, 2.05) is 51.1 Å². The molecule has 33 heavy (non-hydrogen) atoms. The highest BCUT2D eigenvalue weighted by atomic mass is 35.5. The first-order chi connectivity index (χ1) is 15.8. The molecule has 6 heteroatoms. The fraction of sp³-hybridized carbons (Fsp3) is 0.481. The molecule has 0 saturated carbocycles. The van der Waals surface area contributed by atoms with Gasteiger partial charge in [-0.05, 0) is 81.8 Å². The SMILES string of the molecule is CCC(CC)C(=O)NC(C)c1nc2ccccc2n1CCCCOc1cc(C)c(Cl)c(C)c1. The van der Waals surface area contributed by atoms with Gasteiger partial charge in [-0.3, -0.25) is 4.79 Å². The number of carbonyl (C=O) groups is 1. The van der Waals surface area contributed by atoms with Crippen molar-refractivity contribution in [2.45, 2.75) is 72.9 Å². The molecule has 0 radical (unpaired) electrons. The molecule has 0 aliphatic rings. The number of imidazole rings is 1.